The first-order chi connectivity index (χ1) is 12.9. The average molecular weight is 443 g/mol. The zero-order valence-electron chi connectivity index (χ0n) is 14.3. The monoisotopic (exact) mass is 442 g/mol. The lowest BCUT2D eigenvalue weighted by Gasteiger charge is -2.07. The molecule has 0 unspecified atom stereocenters. The van der Waals surface area contributed by atoms with Gasteiger partial charge in [-0.1, -0.05) is 35.9 Å². The summed E-state index contributed by atoms with van der Waals surface area (Å²) in [5.74, 6) is 0.0734. The normalized spacial score (nSPS) is 11.8. The Hall–Kier alpha value is -2.64. The highest BCUT2D eigenvalue weighted by atomic mass is 79.9. The Kier molecular flexibility index (Phi) is 4.28. The standard InChI is InChI=1S/C20H15BrN2O3S/c1-13-6-8-15(9-7-13)27(25,26)23-12-18(16-4-2-3-5-19(16)24)17-10-14(21)11-22-20(17)23/h2-12,24H,1H3. The van der Waals surface area contributed by atoms with Crippen LogP contribution in [0.3, 0.4) is 0 Å². The van der Waals surface area contributed by atoms with Crippen LogP contribution in [0.1, 0.15) is 5.56 Å². The molecule has 0 aliphatic carbocycles. The maximum absolute atomic E-state index is 13.2. The summed E-state index contributed by atoms with van der Waals surface area (Å²) in [5, 5.41) is 10.9. The van der Waals surface area contributed by atoms with Gasteiger partial charge < -0.3 is 5.11 Å². The number of aromatic nitrogens is 2. The Morgan fingerprint density at radius 1 is 1.04 bits per heavy atom. The van der Waals surface area contributed by atoms with Gasteiger partial charge in [0.25, 0.3) is 10.0 Å². The summed E-state index contributed by atoms with van der Waals surface area (Å²) < 4.78 is 28.3. The van der Waals surface area contributed by atoms with Gasteiger partial charge in [-0.2, -0.15) is 0 Å². The molecule has 0 amide bonds. The van der Waals surface area contributed by atoms with Crippen LogP contribution >= 0.6 is 15.9 Å². The van der Waals surface area contributed by atoms with E-state index in [1.54, 1.807) is 60.8 Å². The molecule has 0 bridgehead atoms. The van der Waals surface area contributed by atoms with Gasteiger partial charge in [0.1, 0.15) is 5.75 Å². The highest BCUT2D eigenvalue weighted by Gasteiger charge is 2.23. The number of hydrogen-bond acceptors (Lipinski definition) is 4. The number of phenolic OH excluding ortho intramolecular Hbond substituents is 1. The maximum Gasteiger partial charge on any atom is 0.269 e. The first-order valence-corrected chi connectivity index (χ1v) is 10.4. The lowest BCUT2D eigenvalue weighted by Crippen LogP contribution is -2.12. The molecular weight excluding hydrogens is 428 g/mol. The molecule has 4 aromatic rings. The second-order valence-electron chi connectivity index (χ2n) is 6.20. The van der Waals surface area contributed by atoms with Gasteiger partial charge in [0.15, 0.2) is 5.65 Å². The molecule has 2 aromatic heterocycles. The zero-order valence-corrected chi connectivity index (χ0v) is 16.7. The molecule has 7 heteroatoms. The lowest BCUT2D eigenvalue weighted by molar-refractivity contribution is 0.477. The van der Waals surface area contributed by atoms with Gasteiger partial charge in [-0.25, -0.2) is 17.4 Å². The summed E-state index contributed by atoms with van der Waals surface area (Å²) >= 11 is 3.39. The minimum atomic E-state index is -3.84. The van der Waals surface area contributed by atoms with Crippen molar-refractivity contribution in [1.82, 2.24) is 8.96 Å². The van der Waals surface area contributed by atoms with Crippen LogP contribution in [0.4, 0.5) is 0 Å². The van der Waals surface area contributed by atoms with Gasteiger partial charge in [0.2, 0.25) is 0 Å². The minimum absolute atomic E-state index is 0.0734. The third-order valence-electron chi connectivity index (χ3n) is 4.35. The average Bonchev–Trinajstić information content (AvgIpc) is 3.02. The first kappa shape index (κ1) is 17.8. The van der Waals surface area contributed by atoms with Crippen molar-refractivity contribution < 1.29 is 13.5 Å². The van der Waals surface area contributed by atoms with E-state index in [9.17, 15) is 13.5 Å². The second-order valence-corrected chi connectivity index (χ2v) is 8.93. The Balaban J connectivity index is 2.03. The number of para-hydroxylation sites is 1. The molecule has 0 radical (unpaired) electrons. The molecule has 0 spiro atoms. The van der Waals surface area contributed by atoms with Crippen molar-refractivity contribution in [2.45, 2.75) is 11.8 Å². The van der Waals surface area contributed by atoms with Crippen molar-refractivity contribution in [2.24, 2.45) is 0 Å². The van der Waals surface area contributed by atoms with E-state index >= 15 is 0 Å². The van der Waals surface area contributed by atoms with E-state index in [4.69, 9.17) is 0 Å². The fraction of sp³-hybridized carbons (Fsp3) is 0.0500. The van der Waals surface area contributed by atoms with Crippen molar-refractivity contribution >= 4 is 37.0 Å². The minimum Gasteiger partial charge on any atom is -0.507 e. The number of aryl methyl sites for hydroxylation is 1. The molecule has 0 aliphatic rings. The van der Waals surface area contributed by atoms with E-state index in [0.29, 0.717) is 22.2 Å². The molecule has 0 fully saturated rings. The molecule has 0 saturated heterocycles. The van der Waals surface area contributed by atoms with Crippen molar-refractivity contribution in [1.29, 1.82) is 0 Å². The van der Waals surface area contributed by atoms with E-state index in [1.165, 1.54) is 10.2 Å². The molecule has 136 valence electrons. The highest BCUT2D eigenvalue weighted by molar-refractivity contribution is 9.10. The van der Waals surface area contributed by atoms with Crippen molar-refractivity contribution in [3.63, 3.8) is 0 Å². The van der Waals surface area contributed by atoms with Gasteiger partial charge in [0, 0.05) is 33.4 Å². The topological polar surface area (TPSA) is 72.2 Å². The molecule has 27 heavy (non-hydrogen) atoms. The quantitative estimate of drug-likeness (QED) is 0.498. The summed E-state index contributed by atoms with van der Waals surface area (Å²) in [7, 11) is -3.84. The summed E-state index contributed by atoms with van der Waals surface area (Å²) in [6.45, 7) is 1.90. The van der Waals surface area contributed by atoms with Crippen LogP contribution in [0.5, 0.6) is 5.75 Å². The molecule has 4 rings (SSSR count). The molecule has 0 aliphatic heterocycles. The molecule has 0 saturated carbocycles. The van der Waals surface area contributed by atoms with Crippen molar-refractivity contribution in [3.05, 3.63) is 77.0 Å². The maximum atomic E-state index is 13.2. The van der Waals surface area contributed by atoms with E-state index in [1.807, 2.05) is 6.92 Å². The van der Waals surface area contributed by atoms with Crippen LogP contribution in [-0.4, -0.2) is 22.5 Å². The Morgan fingerprint density at radius 3 is 2.44 bits per heavy atom. The smallest absolute Gasteiger partial charge is 0.269 e. The predicted molar refractivity (Wildman–Crippen MR) is 108 cm³/mol. The number of halogens is 1. The number of pyridine rings is 1. The van der Waals surface area contributed by atoms with Gasteiger partial charge in [-0.3, -0.25) is 0 Å². The highest BCUT2D eigenvalue weighted by Crippen LogP contribution is 2.37. The number of hydrogen-bond donors (Lipinski definition) is 1. The fourth-order valence-corrected chi connectivity index (χ4v) is 4.63. The van der Waals surface area contributed by atoms with E-state index in [-0.39, 0.29) is 10.6 Å². The molecule has 2 heterocycles. The van der Waals surface area contributed by atoms with Gasteiger partial charge in [-0.05, 0) is 47.1 Å². The van der Waals surface area contributed by atoms with Crippen LogP contribution in [-0.2, 0) is 10.0 Å². The third-order valence-corrected chi connectivity index (χ3v) is 6.45. The van der Waals surface area contributed by atoms with Gasteiger partial charge in [-0.15, -0.1) is 0 Å². The first-order valence-electron chi connectivity index (χ1n) is 8.15. The van der Waals surface area contributed by atoms with Crippen molar-refractivity contribution in [2.75, 3.05) is 0 Å². The summed E-state index contributed by atoms with van der Waals surface area (Å²) in [6, 6.07) is 15.3. The van der Waals surface area contributed by atoms with Crippen LogP contribution < -0.4 is 0 Å². The van der Waals surface area contributed by atoms with E-state index in [2.05, 4.69) is 20.9 Å². The largest absolute Gasteiger partial charge is 0.507 e. The fourth-order valence-electron chi connectivity index (χ4n) is 2.98. The van der Waals surface area contributed by atoms with E-state index in [0.717, 1.165) is 10.0 Å². The number of rotatable bonds is 3. The molecule has 2 aromatic carbocycles. The Bertz CT molecular complexity index is 1260. The molecular formula is C20H15BrN2O3S. The van der Waals surface area contributed by atoms with Crippen LogP contribution in [0.15, 0.2) is 76.4 Å². The molecule has 1 N–H and O–H groups in total. The Labute approximate surface area is 165 Å². The lowest BCUT2D eigenvalue weighted by atomic mass is 10.1. The zero-order chi connectivity index (χ0) is 19.2. The van der Waals surface area contributed by atoms with Crippen LogP contribution in [0.25, 0.3) is 22.2 Å². The second kappa shape index (κ2) is 6.51. The van der Waals surface area contributed by atoms with Crippen molar-refractivity contribution in [3.8, 4) is 16.9 Å². The van der Waals surface area contributed by atoms with E-state index < -0.39 is 10.0 Å². The Morgan fingerprint density at radius 2 is 1.74 bits per heavy atom. The summed E-state index contributed by atoms with van der Waals surface area (Å²) in [5.41, 5.74) is 2.41. The summed E-state index contributed by atoms with van der Waals surface area (Å²) in [6.07, 6.45) is 3.06. The summed E-state index contributed by atoms with van der Waals surface area (Å²) in [4.78, 5) is 4.50. The third kappa shape index (κ3) is 3.02. The molecule has 0 atom stereocenters. The number of aromatic hydroxyl groups is 1. The number of fused-ring (bicyclic) bond motifs is 1. The predicted octanol–water partition coefficient (Wildman–Crippen LogP) is 4.72. The van der Waals surface area contributed by atoms with Gasteiger partial charge in [0.05, 0.1) is 4.90 Å². The van der Waals surface area contributed by atoms with Crippen LogP contribution in [0.2, 0.25) is 0 Å². The SMILES string of the molecule is Cc1ccc(S(=O)(=O)n2cc(-c3ccccc3O)c3cc(Br)cnc32)cc1. The number of phenols is 1. The van der Waals surface area contributed by atoms with Crippen LogP contribution in [0, 0.1) is 6.92 Å². The van der Waals surface area contributed by atoms with Gasteiger partial charge >= 0.3 is 0 Å². The molecule has 5 nitrogen and oxygen atoms in total. The number of benzene rings is 2. The number of nitrogens with zero attached hydrogens (tertiary/aromatic N) is 2.